The molecule has 21 heavy (non-hydrogen) atoms. The van der Waals surface area contributed by atoms with Crippen LogP contribution in [0.15, 0.2) is 12.1 Å². The zero-order chi connectivity index (χ0) is 15.4. The second-order valence-corrected chi connectivity index (χ2v) is 5.98. The molecule has 1 aromatic rings. The smallest absolute Gasteiger partial charge is 0.248 e. The molecule has 0 bridgehead atoms. The molecule has 2 rings (SSSR count). The molecule has 0 saturated heterocycles. The molecule has 0 aromatic carbocycles. The van der Waals surface area contributed by atoms with Gasteiger partial charge in [0.25, 0.3) is 0 Å². The van der Waals surface area contributed by atoms with Gasteiger partial charge in [0, 0.05) is 29.9 Å². The zero-order valence-corrected chi connectivity index (χ0v) is 13.0. The highest BCUT2D eigenvalue weighted by Gasteiger charge is 2.25. The summed E-state index contributed by atoms with van der Waals surface area (Å²) in [5, 5.41) is 0. The van der Waals surface area contributed by atoms with Crippen molar-refractivity contribution in [3.05, 3.63) is 23.4 Å². The molecule has 1 aliphatic carbocycles. The maximum absolute atomic E-state index is 11.5. The number of nitrogens with two attached hydrogens (primary N) is 2. The maximum Gasteiger partial charge on any atom is 0.248 e. The van der Waals surface area contributed by atoms with Crippen LogP contribution in [0.3, 0.4) is 0 Å². The Kier molecular flexibility index (Phi) is 5.17. The minimum atomic E-state index is -0.399. The molecule has 116 valence electrons. The molecule has 0 aliphatic heterocycles. The number of aryl methyl sites for hydroxylation is 1. The summed E-state index contributed by atoms with van der Waals surface area (Å²) in [7, 11) is 0. The number of hydrogen-bond donors (Lipinski definition) is 2. The molecule has 5 heteroatoms. The van der Waals surface area contributed by atoms with Gasteiger partial charge in [-0.3, -0.25) is 4.79 Å². The quantitative estimate of drug-likeness (QED) is 0.868. The summed E-state index contributed by atoms with van der Waals surface area (Å²) < 4.78 is 0. The number of anilines is 1. The third-order valence-electron chi connectivity index (χ3n) is 4.17. The number of aromatic nitrogens is 1. The molecule has 1 aromatic heterocycles. The Labute approximate surface area is 126 Å². The number of amides is 1. The van der Waals surface area contributed by atoms with Crippen molar-refractivity contribution in [2.24, 2.45) is 11.5 Å². The van der Waals surface area contributed by atoms with Crippen LogP contribution in [-0.2, 0) is 0 Å². The van der Waals surface area contributed by atoms with E-state index in [0.29, 0.717) is 17.6 Å². The predicted octanol–water partition coefficient (Wildman–Crippen LogP) is 1.98. The fourth-order valence-electron chi connectivity index (χ4n) is 3.08. The average Bonchev–Trinajstić information content (AvgIpc) is 2.45. The number of hydrogen-bond acceptors (Lipinski definition) is 4. The Hall–Kier alpha value is -1.62. The molecule has 4 N–H and O–H groups in total. The van der Waals surface area contributed by atoms with Gasteiger partial charge in [-0.05, 0) is 51.2 Å². The van der Waals surface area contributed by atoms with Crippen LogP contribution in [0.5, 0.6) is 0 Å². The number of pyridine rings is 1. The number of carbonyl (C=O) groups is 1. The Balaban J connectivity index is 2.27. The van der Waals surface area contributed by atoms with Gasteiger partial charge >= 0.3 is 0 Å². The van der Waals surface area contributed by atoms with E-state index in [1.807, 2.05) is 13.0 Å². The van der Waals surface area contributed by atoms with Gasteiger partial charge in [0.05, 0.1) is 0 Å². The number of primary amides is 1. The van der Waals surface area contributed by atoms with E-state index in [0.717, 1.165) is 50.2 Å². The monoisotopic (exact) mass is 290 g/mol. The molecule has 1 saturated carbocycles. The first kappa shape index (κ1) is 15.8. The molecule has 1 fully saturated rings. The van der Waals surface area contributed by atoms with Gasteiger partial charge in [-0.2, -0.15) is 0 Å². The largest absolute Gasteiger partial charge is 0.366 e. The van der Waals surface area contributed by atoms with Gasteiger partial charge in [-0.15, -0.1) is 0 Å². The minimum Gasteiger partial charge on any atom is -0.366 e. The summed E-state index contributed by atoms with van der Waals surface area (Å²) in [6.07, 6.45) is 5.33. The fraction of sp³-hybridized carbons (Fsp3) is 0.625. The SMILES string of the molecule is CCCN(c1cc(C(N)=O)cc(C)n1)C1CCC(N)CC1. The maximum atomic E-state index is 11.5. The summed E-state index contributed by atoms with van der Waals surface area (Å²) in [5.74, 6) is 0.468. The van der Waals surface area contributed by atoms with Gasteiger partial charge < -0.3 is 16.4 Å². The molecular formula is C16H26N4O. The second-order valence-electron chi connectivity index (χ2n) is 5.98. The van der Waals surface area contributed by atoms with Crippen LogP contribution in [0.2, 0.25) is 0 Å². The highest BCUT2D eigenvalue weighted by molar-refractivity contribution is 5.93. The minimum absolute atomic E-state index is 0.330. The van der Waals surface area contributed by atoms with Crippen LogP contribution in [0.1, 0.15) is 55.1 Å². The van der Waals surface area contributed by atoms with Crippen molar-refractivity contribution in [2.45, 2.75) is 58.0 Å². The lowest BCUT2D eigenvalue weighted by Gasteiger charge is -2.37. The van der Waals surface area contributed by atoms with Crippen molar-refractivity contribution in [2.75, 3.05) is 11.4 Å². The van der Waals surface area contributed by atoms with Crippen LogP contribution in [-0.4, -0.2) is 29.5 Å². The second kappa shape index (κ2) is 6.89. The van der Waals surface area contributed by atoms with Crippen molar-refractivity contribution < 1.29 is 4.79 Å². The van der Waals surface area contributed by atoms with E-state index in [2.05, 4.69) is 16.8 Å². The Bertz CT molecular complexity index is 495. The highest BCUT2D eigenvalue weighted by Crippen LogP contribution is 2.27. The molecular weight excluding hydrogens is 264 g/mol. The topological polar surface area (TPSA) is 85.2 Å². The Morgan fingerprint density at radius 1 is 1.33 bits per heavy atom. The van der Waals surface area contributed by atoms with Crippen molar-refractivity contribution in [1.29, 1.82) is 0 Å². The average molecular weight is 290 g/mol. The first-order valence-electron chi connectivity index (χ1n) is 7.82. The molecule has 1 amide bonds. The summed E-state index contributed by atoms with van der Waals surface area (Å²) in [4.78, 5) is 18.4. The standard InChI is InChI=1S/C16H26N4O/c1-3-8-20(14-6-4-13(17)5-7-14)15-10-12(16(18)21)9-11(2)19-15/h9-10,13-14H,3-8,17H2,1-2H3,(H2,18,21). The molecule has 5 nitrogen and oxygen atoms in total. The summed E-state index contributed by atoms with van der Waals surface area (Å²) in [5.41, 5.74) is 12.8. The van der Waals surface area contributed by atoms with E-state index in [1.54, 1.807) is 6.07 Å². The zero-order valence-electron chi connectivity index (χ0n) is 13.0. The van der Waals surface area contributed by atoms with E-state index in [9.17, 15) is 4.79 Å². The number of carbonyl (C=O) groups excluding carboxylic acids is 1. The van der Waals surface area contributed by atoms with Crippen molar-refractivity contribution in [1.82, 2.24) is 4.98 Å². The third kappa shape index (κ3) is 3.94. The van der Waals surface area contributed by atoms with Crippen molar-refractivity contribution >= 4 is 11.7 Å². The number of rotatable bonds is 5. The van der Waals surface area contributed by atoms with Crippen LogP contribution in [0.4, 0.5) is 5.82 Å². The Morgan fingerprint density at radius 3 is 2.57 bits per heavy atom. The van der Waals surface area contributed by atoms with Gasteiger partial charge in [-0.1, -0.05) is 6.92 Å². The first-order chi connectivity index (χ1) is 10.0. The van der Waals surface area contributed by atoms with Crippen LogP contribution < -0.4 is 16.4 Å². The van der Waals surface area contributed by atoms with Crippen molar-refractivity contribution in [3.63, 3.8) is 0 Å². The summed E-state index contributed by atoms with van der Waals surface area (Å²) >= 11 is 0. The van der Waals surface area contributed by atoms with E-state index in [4.69, 9.17) is 11.5 Å². The van der Waals surface area contributed by atoms with Crippen molar-refractivity contribution in [3.8, 4) is 0 Å². The summed E-state index contributed by atoms with van der Waals surface area (Å²) in [6, 6.07) is 4.35. The molecule has 1 heterocycles. The summed E-state index contributed by atoms with van der Waals surface area (Å²) in [6.45, 7) is 5.00. The molecule has 0 radical (unpaired) electrons. The van der Waals surface area contributed by atoms with E-state index in [-0.39, 0.29) is 0 Å². The lowest BCUT2D eigenvalue weighted by Crippen LogP contribution is -2.42. The number of nitrogens with zero attached hydrogens (tertiary/aromatic N) is 2. The first-order valence-corrected chi connectivity index (χ1v) is 7.82. The molecule has 1 aliphatic rings. The fourth-order valence-corrected chi connectivity index (χ4v) is 3.08. The van der Waals surface area contributed by atoms with Gasteiger partial charge in [0.15, 0.2) is 0 Å². The molecule has 0 unspecified atom stereocenters. The lowest BCUT2D eigenvalue weighted by molar-refractivity contribution is 0.1000. The van der Waals surface area contributed by atoms with Crippen LogP contribution >= 0.6 is 0 Å². The predicted molar refractivity (Wildman–Crippen MR) is 85.4 cm³/mol. The van der Waals surface area contributed by atoms with Gasteiger partial charge in [0.1, 0.15) is 5.82 Å². The molecule has 0 atom stereocenters. The van der Waals surface area contributed by atoms with E-state index in [1.165, 1.54) is 0 Å². The highest BCUT2D eigenvalue weighted by atomic mass is 16.1. The third-order valence-corrected chi connectivity index (χ3v) is 4.17. The van der Waals surface area contributed by atoms with Crippen LogP contribution in [0.25, 0.3) is 0 Å². The lowest BCUT2D eigenvalue weighted by atomic mass is 9.90. The van der Waals surface area contributed by atoms with Gasteiger partial charge in [0.2, 0.25) is 5.91 Å². The normalized spacial score (nSPS) is 22.0. The van der Waals surface area contributed by atoms with E-state index < -0.39 is 5.91 Å². The van der Waals surface area contributed by atoms with E-state index >= 15 is 0 Å². The Morgan fingerprint density at radius 2 is 2.00 bits per heavy atom. The van der Waals surface area contributed by atoms with Crippen LogP contribution in [0, 0.1) is 6.92 Å². The van der Waals surface area contributed by atoms with Gasteiger partial charge in [-0.25, -0.2) is 4.98 Å². The molecule has 0 spiro atoms.